The number of allylic oxidation sites excluding steroid dienone is 7. The van der Waals surface area contributed by atoms with E-state index in [9.17, 15) is 0 Å². The first-order valence-electron chi connectivity index (χ1n) is 23.9. The fraction of sp³-hybridized carbons (Fsp3) is 0.684. The first kappa shape index (κ1) is 72.6. The third-order valence-electron chi connectivity index (χ3n) is 8.61. The van der Waals surface area contributed by atoms with E-state index in [1.807, 2.05) is 19.9 Å². The van der Waals surface area contributed by atoms with Crippen LogP contribution < -0.4 is 5.73 Å². The maximum atomic E-state index is 8.13. The molecule has 0 bridgehead atoms. The molecular formula is C57H105N2OP. The van der Waals surface area contributed by atoms with Crippen LogP contribution in [0.4, 0.5) is 0 Å². The van der Waals surface area contributed by atoms with Gasteiger partial charge >= 0.3 is 0 Å². The van der Waals surface area contributed by atoms with Gasteiger partial charge in [0.25, 0.3) is 0 Å². The van der Waals surface area contributed by atoms with Crippen LogP contribution in [0.2, 0.25) is 0 Å². The maximum absolute atomic E-state index is 8.13. The monoisotopic (exact) mass is 865 g/mol. The quantitative estimate of drug-likeness (QED) is 0.0964. The number of nitrogens with zero attached hydrogens (tertiary/aromatic N) is 1. The van der Waals surface area contributed by atoms with Crippen molar-refractivity contribution in [1.29, 1.82) is 5.26 Å². The average Bonchev–Trinajstić information content (AvgIpc) is 3.23. The number of hydrogen-bond acceptors (Lipinski definition) is 3. The summed E-state index contributed by atoms with van der Waals surface area (Å²) in [4.78, 5) is 0. The highest BCUT2D eigenvalue weighted by Gasteiger charge is 2.27. The van der Waals surface area contributed by atoms with Crippen LogP contribution in [-0.4, -0.2) is 20.3 Å². The largest absolute Gasteiger partial charge is 0.381 e. The van der Waals surface area contributed by atoms with Crippen molar-refractivity contribution >= 4 is 8.19 Å². The second-order valence-corrected chi connectivity index (χ2v) is 17.9. The summed E-state index contributed by atoms with van der Waals surface area (Å²) in [6.07, 6.45) is 38.3. The number of hydrogen-bond donors (Lipinski definition) is 1. The molecular weight excluding hydrogens is 760 g/mol. The molecule has 3 nitrogen and oxygen atoms in total. The number of rotatable bonds is 17. The molecule has 0 spiro atoms. The molecule has 0 aliphatic heterocycles. The third kappa shape index (κ3) is 51.4. The minimum absolute atomic E-state index is 0.0334. The van der Waals surface area contributed by atoms with Gasteiger partial charge in [0.15, 0.2) is 0 Å². The summed E-state index contributed by atoms with van der Waals surface area (Å²) in [7, 11) is 2.89. The van der Waals surface area contributed by atoms with Crippen molar-refractivity contribution in [3.05, 3.63) is 76.4 Å². The van der Waals surface area contributed by atoms with Crippen LogP contribution in [0, 0.1) is 60.7 Å². The van der Waals surface area contributed by atoms with Crippen molar-refractivity contribution < 1.29 is 4.74 Å². The molecule has 4 heteroatoms. The van der Waals surface area contributed by atoms with Crippen LogP contribution in [0.5, 0.6) is 0 Å². The van der Waals surface area contributed by atoms with Gasteiger partial charge in [0, 0.05) is 25.0 Å². The first-order valence-corrected chi connectivity index (χ1v) is 24.8. The van der Waals surface area contributed by atoms with Crippen molar-refractivity contribution in [3.63, 3.8) is 0 Å². The molecule has 0 unspecified atom stereocenters. The SMILES string of the molecule is C#C.C#C/C=C/C(=C)C(C)(C)C1=CCCC=C1C.CC.CC(C)C.CC(C)CCCC#N.CCC.CCCCC.CCCOCCCCCC(C)(C)c1pcccc1C.CN. The maximum Gasteiger partial charge on any atom is 0.0621 e. The van der Waals surface area contributed by atoms with Crippen LogP contribution in [0.25, 0.3) is 0 Å². The van der Waals surface area contributed by atoms with E-state index in [4.69, 9.17) is 16.4 Å². The van der Waals surface area contributed by atoms with Gasteiger partial charge in [-0.05, 0) is 117 Å². The molecule has 0 radical (unpaired) electrons. The molecule has 1 heterocycles. The number of terminal acetylenes is 2. The lowest BCUT2D eigenvalue weighted by atomic mass is 9.73. The molecule has 1 aromatic heterocycles. The van der Waals surface area contributed by atoms with E-state index in [0.29, 0.717) is 5.41 Å². The topological polar surface area (TPSA) is 59.0 Å². The highest BCUT2D eigenvalue weighted by Crippen LogP contribution is 2.40. The van der Waals surface area contributed by atoms with Gasteiger partial charge in [-0.2, -0.15) is 5.26 Å². The number of aryl methyl sites for hydroxylation is 1. The predicted octanol–water partition coefficient (Wildman–Crippen LogP) is 18.7. The van der Waals surface area contributed by atoms with Gasteiger partial charge in [-0.1, -0.05) is 206 Å². The van der Waals surface area contributed by atoms with Gasteiger partial charge in [-0.25, -0.2) is 0 Å². The summed E-state index contributed by atoms with van der Waals surface area (Å²) >= 11 is 0. The molecule has 2 rings (SSSR count). The van der Waals surface area contributed by atoms with Crippen LogP contribution in [0.1, 0.15) is 218 Å². The fourth-order valence-electron chi connectivity index (χ4n) is 5.53. The lowest BCUT2D eigenvalue weighted by Crippen LogP contribution is -2.18. The molecule has 0 atom stereocenters. The van der Waals surface area contributed by atoms with E-state index in [-0.39, 0.29) is 5.41 Å². The second kappa shape index (κ2) is 55.2. The zero-order valence-corrected chi connectivity index (χ0v) is 45.2. The number of ether oxygens (including phenoxy) is 1. The van der Waals surface area contributed by atoms with Crippen LogP contribution in [-0.2, 0) is 10.2 Å². The number of nitriles is 1. The highest BCUT2D eigenvalue weighted by molar-refractivity contribution is 7.30. The molecule has 0 aromatic carbocycles. The van der Waals surface area contributed by atoms with Gasteiger partial charge in [-0.15, -0.1) is 19.3 Å². The minimum Gasteiger partial charge on any atom is -0.381 e. The van der Waals surface area contributed by atoms with Crippen molar-refractivity contribution in [1.82, 2.24) is 0 Å². The van der Waals surface area contributed by atoms with Gasteiger partial charge < -0.3 is 10.5 Å². The molecule has 2 N–H and O–H groups in total. The summed E-state index contributed by atoms with van der Waals surface area (Å²) in [5.41, 5.74) is 10.1. The predicted molar refractivity (Wildman–Crippen MR) is 286 cm³/mol. The van der Waals surface area contributed by atoms with Crippen LogP contribution in [0.3, 0.4) is 0 Å². The Morgan fingerprint density at radius 2 is 1.39 bits per heavy atom. The summed E-state index contributed by atoms with van der Waals surface area (Å²) in [5.74, 6) is 6.35. The number of nitrogens with two attached hydrogens (primary N) is 1. The Morgan fingerprint density at radius 1 is 0.869 bits per heavy atom. The summed E-state index contributed by atoms with van der Waals surface area (Å²) < 4.78 is 5.52. The van der Waals surface area contributed by atoms with E-state index >= 15 is 0 Å². The molecule has 354 valence electrons. The summed E-state index contributed by atoms with van der Waals surface area (Å²) in [6, 6.07) is 6.53. The lowest BCUT2D eigenvalue weighted by molar-refractivity contribution is 0.130. The standard InChI is InChI=1S/C17H29OP.C16H20.C7H13N.C5H12.C4H10.C3H8.C2H6.C2H2.CH5N/c1-5-12-18-13-8-6-7-11-17(3,4)16-15(2)10-9-14-19-16;1-6-7-11-14(3)16(4,5)15-12-9-8-10-13(15)2;1-7(2)5-3-4-6-8;1-3-5-4-2;1-4(2)3;1-3-2;3*1-2/h9-10,14H,5-8,11-13H2,1-4H3;1,7,10-12H,3,8-9H2,2,4-5H3;7H,3-5H2,1-2H3;3-5H2,1-2H3;4H,1-3H3;3H2,1-2H3;1-2H3;1-2H;2H2,1H3/b;11-7+;;;;;;;. The molecule has 0 saturated heterocycles. The smallest absolute Gasteiger partial charge is 0.0621 e. The Hall–Kier alpha value is -2.86. The van der Waals surface area contributed by atoms with E-state index in [2.05, 4.69) is 178 Å². The fourth-order valence-corrected chi connectivity index (χ4v) is 6.59. The molecule has 0 saturated carbocycles. The molecule has 0 fully saturated rings. The Kier molecular flexibility index (Phi) is 65.6. The normalized spacial score (nSPS) is 11.2. The number of unbranched alkanes of at least 4 members (excludes halogenated alkanes) is 5. The third-order valence-corrected chi connectivity index (χ3v) is 10.2. The van der Waals surface area contributed by atoms with Gasteiger partial charge in [0.1, 0.15) is 0 Å². The van der Waals surface area contributed by atoms with E-state index in [0.717, 1.165) is 62.7 Å². The highest BCUT2D eigenvalue weighted by atomic mass is 31.0. The van der Waals surface area contributed by atoms with E-state index in [1.54, 1.807) is 11.4 Å². The van der Waals surface area contributed by atoms with Crippen molar-refractivity contribution in [2.75, 3.05) is 20.3 Å². The second-order valence-electron chi connectivity index (χ2n) is 16.9. The molecule has 61 heavy (non-hydrogen) atoms. The minimum atomic E-state index is -0.0334. The summed E-state index contributed by atoms with van der Waals surface area (Å²) in [6.45, 7) is 45.3. The van der Waals surface area contributed by atoms with E-state index in [1.165, 1.54) is 89.7 Å². The van der Waals surface area contributed by atoms with Crippen molar-refractivity contribution in [3.8, 4) is 31.3 Å². The van der Waals surface area contributed by atoms with Crippen LogP contribution >= 0.6 is 8.19 Å². The lowest BCUT2D eigenvalue weighted by Gasteiger charge is -2.31. The molecule has 0 amide bonds. The van der Waals surface area contributed by atoms with Crippen molar-refractivity contribution in [2.24, 2.45) is 23.0 Å². The van der Waals surface area contributed by atoms with Crippen molar-refractivity contribution in [2.45, 2.75) is 220 Å². The molecule has 1 aliphatic rings. The Labute approximate surface area is 387 Å². The Balaban J connectivity index is -0.000000124. The van der Waals surface area contributed by atoms with E-state index < -0.39 is 0 Å². The Morgan fingerprint density at radius 3 is 1.80 bits per heavy atom. The molecule has 1 aromatic rings. The van der Waals surface area contributed by atoms with Crippen LogP contribution in [0.15, 0.2) is 65.5 Å². The van der Waals surface area contributed by atoms with Gasteiger partial charge in [0.2, 0.25) is 0 Å². The molecule has 1 aliphatic carbocycles. The van der Waals surface area contributed by atoms with Gasteiger partial charge in [-0.3, -0.25) is 0 Å². The first-order chi connectivity index (χ1) is 28.9. The Bertz CT molecular complexity index is 1260. The zero-order valence-electron chi connectivity index (χ0n) is 44.3. The summed E-state index contributed by atoms with van der Waals surface area (Å²) in [5, 5.41) is 9.72. The van der Waals surface area contributed by atoms with Gasteiger partial charge in [0.05, 0.1) is 6.07 Å². The zero-order chi connectivity index (χ0) is 49.1. The average molecular weight is 865 g/mol.